The second-order valence-corrected chi connectivity index (χ2v) is 13.6. The molecule has 0 saturated carbocycles. The molecule has 1 aromatic heterocycles. The Morgan fingerprint density at radius 3 is 2.28 bits per heavy atom. The van der Waals surface area contributed by atoms with Crippen LogP contribution in [-0.4, -0.2) is 84.2 Å². The Hall–Kier alpha value is -4.29. The largest absolute Gasteiger partial charge is 0.491 e. The Kier molecular flexibility index (Phi) is 10.2. The number of ether oxygens (including phenoxy) is 3. The molecule has 3 unspecified atom stereocenters. The molecule has 2 saturated heterocycles. The first-order valence-corrected chi connectivity index (χ1v) is 17.8. The van der Waals surface area contributed by atoms with Crippen molar-refractivity contribution in [3.63, 3.8) is 0 Å². The highest BCUT2D eigenvalue weighted by atomic mass is 35.5. The molecule has 0 aliphatic carbocycles. The van der Waals surface area contributed by atoms with E-state index in [1.807, 2.05) is 54.4 Å². The van der Waals surface area contributed by atoms with Crippen LogP contribution in [0.4, 0.5) is 11.4 Å². The van der Waals surface area contributed by atoms with Gasteiger partial charge in [0.15, 0.2) is 0 Å². The molecule has 13 heteroatoms. The third-order valence-electron chi connectivity index (χ3n) is 9.47. The zero-order valence-corrected chi connectivity index (χ0v) is 29.7. The van der Waals surface area contributed by atoms with Gasteiger partial charge in [-0.1, -0.05) is 42.3 Å². The zero-order chi connectivity index (χ0) is 34.7. The topological polar surface area (TPSA) is 89.6 Å². The SMILES string of the molecule is CCC(C)n1ncn(-c2ccc(N3CCN(c4ccc(OCC5COC(CN6CC=CC=N6)(c6ccc(Cl)cc6Cl)O5)cc4)CC3)cc2)c1=O. The summed E-state index contributed by atoms with van der Waals surface area (Å²) in [7, 11) is 0. The number of rotatable bonds is 11. The summed E-state index contributed by atoms with van der Waals surface area (Å²) in [5, 5.41) is 11.7. The molecule has 3 aliphatic rings. The van der Waals surface area contributed by atoms with Gasteiger partial charge < -0.3 is 24.0 Å². The lowest BCUT2D eigenvalue weighted by atomic mass is 10.1. The normalized spacial score (nSPS) is 21.2. The van der Waals surface area contributed by atoms with Gasteiger partial charge in [0.25, 0.3) is 0 Å². The molecule has 0 radical (unpaired) electrons. The molecule has 11 nitrogen and oxygen atoms in total. The molecule has 2 fully saturated rings. The van der Waals surface area contributed by atoms with Gasteiger partial charge in [0.2, 0.25) is 5.79 Å². The van der Waals surface area contributed by atoms with Crippen molar-refractivity contribution in [2.75, 3.05) is 62.3 Å². The molecular formula is C37H41Cl2N7O4. The fraction of sp³-hybridized carbons (Fsp3) is 0.378. The molecule has 262 valence electrons. The van der Waals surface area contributed by atoms with E-state index < -0.39 is 5.79 Å². The number of hydrogen-bond acceptors (Lipinski definition) is 9. The summed E-state index contributed by atoms with van der Waals surface area (Å²) in [6.07, 6.45) is 7.83. The van der Waals surface area contributed by atoms with Crippen molar-refractivity contribution in [3.05, 3.63) is 111 Å². The second-order valence-electron chi connectivity index (χ2n) is 12.7. The lowest BCUT2D eigenvalue weighted by Crippen LogP contribution is -2.46. The van der Waals surface area contributed by atoms with Crippen LogP contribution >= 0.6 is 23.2 Å². The van der Waals surface area contributed by atoms with Gasteiger partial charge in [0.1, 0.15) is 24.8 Å². The lowest BCUT2D eigenvalue weighted by Gasteiger charge is -2.37. The van der Waals surface area contributed by atoms with Gasteiger partial charge in [-0.25, -0.2) is 14.0 Å². The fourth-order valence-corrected chi connectivity index (χ4v) is 7.03. The maximum Gasteiger partial charge on any atom is 0.350 e. The molecule has 3 atom stereocenters. The van der Waals surface area contributed by atoms with E-state index in [-0.39, 0.29) is 17.8 Å². The first-order chi connectivity index (χ1) is 24.3. The van der Waals surface area contributed by atoms with Gasteiger partial charge in [-0.05, 0) is 80.1 Å². The van der Waals surface area contributed by atoms with Gasteiger partial charge in [-0.3, -0.25) is 5.01 Å². The van der Waals surface area contributed by atoms with Gasteiger partial charge in [-0.15, -0.1) is 0 Å². The quantitative estimate of drug-likeness (QED) is 0.183. The predicted octanol–water partition coefficient (Wildman–Crippen LogP) is 6.14. The summed E-state index contributed by atoms with van der Waals surface area (Å²) < 4.78 is 22.2. The van der Waals surface area contributed by atoms with Crippen LogP contribution in [0.3, 0.4) is 0 Å². The average Bonchev–Trinajstić information content (AvgIpc) is 3.74. The third-order valence-corrected chi connectivity index (χ3v) is 10.0. The minimum Gasteiger partial charge on any atom is -0.491 e. The van der Waals surface area contributed by atoms with Crippen LogP contribution < -0.4 is 20.2 Å². The van der Waals surface area contributed by atoms with Crippen LogP contribution in [0.5, 0.6) is 5.75 Å². The van der Waals surface area contributed by atoms with Crippen LogP contribution in [0.15, 0.2) is 95.1 Å². The number of benzene rings is 3. The Morgan fingerprint density at radius 2 is 1.64 bits per heavy atom. The van der Waals surface area contributed by atoms with Crippen molar-refractivity contribution >= 4 is 40.8 Å². The first kappa shape index (κ1) is 34.2. The number of allylic oxidation sites excluding steroid dienone is 1. The third kappa shape index (κ3) is 7.27. The summed E-state index contributed by atoms with van der Waals surface area (Å²) >= 11 is 12.8. The molecule has 0 bridgehead atoms. The summed E-state index contributed by atoms with van der Waals surface area (Å²) in [5.41, 5.74) is 3.70. The predicted molar refractivity (Wildman–Crippen MR) is 197 cm³/mol. The number of nitrogens with zero attached hydrogens (tertiary/aromatic N) is 7. The van der Waals surface area contributed by atoms with Crippen LogP contribution in [-0.2, 0) is 15.3 Å². The molecule has 3 aliphatic heterocycles. The average molecular weight is 719 g/mol. The Balaban J connectivity index is 0.923. The minimum absolute atomic E-state index is 0.0660. The van der Waals surface area contributed by atoms with Gasteiger partial charge in [-0.2, -0.15) is 10.2 Å². The van der Waals surface area contributed by atoms with Gasteiger partial charge in [0.05, 0.1) is 36.4 Å². The molecule has 0 spiro atoms. The van der Waals surface area contributed by atoms with Crippen molar-refractivity contribution in [3.8, 4) is 11.4 Å². The maximum absolute atomic E-state index is 12.8. The van der Waals surface area contributed by atoms with Crippen molar-refractivity contribution < 1.29 is 14.2 Å². The zero-order valence-electron chi connectivity index (χ0n) is 28.2. The van der Waals surface area contributed by atoms with Crippen molar-refractivity contribution in [2.24, 2.45) is 5.10 Å². The van der Waals surface area contributed by atoms with E-state index in [0.717, 1.165) is 55.4 Å². The number of aromatic nitrogens is 3. The standard InChI is InChI=1S/C37H41Cl2N7O4/c1-3-27(2)46-36(47)45(26-41-46)31-9-7-29(8-10-31)42-18-20-43(21-19-42)30-11-13-32(14-12-30)48-23-33-24-49-37(50-33,25-44-17-5-4-16-40-44)34-15-6-28(38)22-35(34)39/h4-16,22,26-27,33H,3,17-21,23-25H2,1-2H3. The van der Waals surface area contributed by atoms with Crippen LogP contribution in [0, 0.1) is 0 Å². The fourth-order valence-electron chi connectivity index (χ4n) is 6.48. The summed E-state index contributed by atoms with van der Waals surface area (Å²) in [5.74, 6) is -0.346. The lowest BCUT2D eigenvalue weighted by molar-refractivity contribution is -0.191. The monoisotopic (exact) mass is 717 g/mol. The van der Waals surface area contributed by atoms with E-state index in [0.29, 0.717) is 41.9 Å². The summed E-state index contributed by atoms with van der Waals surface area (Å²) in [4.78, 5) is 17.6. The van der Waals surface area contributed by atoms with E-state index >= 15 is 0 Å². The first-order valence-electron chi connectivity index (χ1n) is 17.0. The van der Waals surface area contributed by atoms with E-state index in [4.69, 9.17) is 37.4 Å². The molecule has 0 amide bonds. The van der Waals surface area contributed by atoms with E-state index in [9.17, 15) is 4.79 Å². The Labute approximate surface area is 301 Å². The number of anilines is 2. The van der Waals surface area contributed by atoms with Gasteiger partial charge in [0, 0.05) is 54.4 Å². The Morgan fingerprint density at radius 1 is 0.960 bits per heavy atom. The molecule has 50 heavy (non-hydrogen) atoms. The molecular weight excluding hydrogens is 677 g/mol. The highest BCUT2D eigenvalue weighted by Gasteiger charge is 2.46. The molecule has 0 N–H and O–H groups in total. The van der Waals surface area contributed by atoms with E-state index in [1.54, 1.807) is 33.9 Å². The van der Waals surface area contributed by atoms with E-state index in [2.05, 4.69) is 51.2 Å². The number of piperazine rings is 1. The molecule has 4 heterocycles. The second kappa shape index (κ2) is 14.9. The van der Waals surface area contributed by atoms with Crippen LogP contribution in [0.2, 0.25) is 10.0 Å². The summed E-state index contributed by atoms with van der Waals surface area (Å²) in [6.45, 7) is 9.29. The van der Waals surface area contributed by atoms with Crippen LogP contribution in [0.25, 0.3) is 5.69 Å². The minimum atomic E-state index is -1.11. The van der Waals surface area contributed by atoms with E-state index in [1.165, 1.54) is 0 Å². The molecule has 3 aromatic carbocycles. The number of hydrazone groups is 1. The highest BCUT2D eigenvalue weighted by molar-refractivity contribution is 6.35. The Bertz CT molecular complexity index is 1890. The van der Waals surface area contributed by atoms with Crippen molar-refractivity contribution in [2.45, 2.75) is 38.2 Å². The van der Waals surface area contributed by atoms with Crippen LogP contribution in [0.1, 0.15) is 31.9 Å². The van der Waals surface area contributed by atoms with Crippen molar-refractivity contribution in [1.29, 1.82) is 0 Å². The summed E-state index contributed by atoms with van der Waals surface area (Å²) in [6, 6.07) is 21.7. The number of halogens is 2. The van der Waals surface area contributed by atoms with Crippen molar-refractivity contribution in [1.82, 2.24) is 19.4 Å². The maximum atomic E-state index is 12.8. The smallest absolute Gasteiger partial charge is 0.350 e. The molecule has 4 aromatic rings. The number of hydrogen-bond donors (Lipinski definition) is 0. The highest BCUT2D eigenvalue weighted by Crippen LogP contribution is 2.40. The van der Waals surface area contributed by atoms with Gasteiger partial charge >= 0.3 is 5.69 Å². The molecule has 7 rings (SSSR count).